The molecule has 3 unspecified atom stereocenters. The summed E-state index contributed by atoms with van der Waals surface area (Å²) in [6.07, 6.45) is 6.88. The van der Waals surface area contributed by atoms with Crippen LogP contribution in [-0.2, 0) is 20.8 Å². The molecule has 0 bridgehead atoms. The average Bonchev–Trinajstić information content (AvgIpc) is 3.23. The van der Waals surface area contributed by atoms with Crippen LogP contribution in [0.2, 0.25) is 0 Å². The maximum absolute atomic E-state index is 12.3. The van der Waals surface area contributed by atoms with Crippen LogP contribution in [0.3, 0.4) is 0 Å². The zero-order valence-corrected chi connectivity index (χ0v) is 16.7. The van der Waals surface area contributed by atoms with Gasteiger partial charge in [0.1, 0.15) is 6.61 Å². The van der Waals surface area contributed by atoms with E-state index in [0.717, 1.165) is 37.9 Å². The SMILES string of the molecule is CC1CCCC(OCC(=O)NCc2cccc(C(=O)NCC3CCCO3)c2)C1. The van der Waals surface area contributed by atoms with Crippen LogP contribution in [0, 0.1) is 5.92 Å². The van der Waals surface area contributed by atoms with Crippen molar-refractivity contribution in [1.29, 1.82) is 0 Å². The molecule has 28 heavy (non-hydrogen) atoms. The maximum atomic E-state index is 12.3. The largest absolute Gasteiger partial charge is 0.376 e. The van der Waals surface area contributed by atoms with Gasteiger partial charge in [0.2, 0.25) is 5.91 Å². The summed E-state index contributed by atoms with van der Waals surface area (Å²) in [5, 5.41) is 5.80. The molecule has 1 aliphatic carbocycles. The first kappa shape index (κ1) is 20.8. The molecule has 2 amide bonds. The normalized spacial score (nSPS) is 24.7. The molecule has 3 rings (SSSR count). The first-order chi connectivity index (χ1) is 13.6. The van der Waals surface area contributed by atoms with Crippen molar-refractivity contribution >= 4 is 11.8 Å². The van der Waals surface area contributed by atoms with Crippen molar-refractivity contribution in [2.45, 2.75) is 64.2 Å². The molecule has 1 heterocycles. The Labute approximate surface area is 167 Å². The highest BCUT2D eigenvalue weighted by Gasteiger charge is 2.20. The van der Waals surface area contributed by atoms with E-state index in [-0.39, 0.29) is 30.6 Å². The molecule has 154 valence electrons. The minimum atomic E-state index is -0.119. The number of hydrogen-bond acceptors (Lipinski definition) is 4. The van der Waals surface area contributed by atoms with Gasteiger partial charge in [-0.05, 0) is 49.3 Å². The highest BCUT2D eigenvalue weighted by molar-refractivity contribution is 5.94. The van der Waals surface area contributed by atoms with Crippen LogP contribution in [-0.4, -0.2) is 43.8 Å². The molecule has 2 N–H and O–H groups in total. The van der Waals surface area contributed by atoms with Gasteiger partial charge in [0.25, 0.3) is 5.91 Å². The van der Waals surface area contributed by atoms with E-state index in [0.29, 0.717) is 24.6 Å². The Morgan fingerprint density at radius 2 is 2.07 bits per heavy atom. The predicted octanol–water partition coefficient (Wildman–Crippen LogP) is 2.81. The molecular weight excluding hydrogens is 356 g/mol. The van der Waals surface area contributed by atoms with Gasteiger partial charge in [0.05, 0.1) is 12.2 Å². The number of nitrogens with one attached hydrogen (secondary N) is 2. The lowest BCUT2D eigenvalue weighted by atomic mass is 9.89. The number of hydrogen-bond donors (Lipinski definition) is 2. The molecule has 0 aromatic heterocycles. The van der Waals surface area contributed by atoms with Crippen molar-refractivity contribution in [1.82, 2.24) is 10.6 Å². The van der Waals surface area contributed by atoms with E-state index in [1.165, 1.54) is 12.8 Å². The van der Waals surface area contributed by atoms with Gasteiger partial charge < -0.3 is 20.1 Å². The third kappa shape index (κ3) is 6.60. The number of ether oxygens (including phenoxy) is 2. The number of carbonyl (C=O) groups excluding carboxylic acids is 2. The third-order valence-corrected chi connectivity index (χ3v) is 5.53. The van der Waals surface area contributed by atoms with Crippen LogP contribution < -0.4 is 10.6 Å². The Hall–Kier alpha value is -1.92. The lowest BCUT2D eigenvalue weighted by Crippen LogP contribution is -2.32. The second kappa shape index (κ2) is 10.6. The van der Waals surface area contributed by atoms with Gasteiger partial charge in [-0.15, -0.1) is 0 Å². The predicted molar refractivity (Wildman–Crippen MR) is 107 cm³/mol. The quantitative estimate of drug-likeness (QED) is 0.718. The third-order valence-electron chi connectivity index (χ3n) is 5.53. The van der Waals surface area contributed by atoms with E-state index in [9.17, 15) is 9.59 Å². The Balaban J connectivity index is 1.39. The molecule has 1 aliphatic heterocycles. The molecule has 0 radical (unpaired) electrons. The second-order valence-electron chi connectivity index (χ2n) is 8.03. The number of rotatable bonds is 8. The van der Waals surface area contributed by atoms with Gasteiger partial charge in [0.15, 0.2) is 0 Å². The van der Waals surface area contributed by atoms with Crippen LogP contribution in [0.5, 0.6) is 0 Å². The summed E-state index contributed by atoms with van der Waals surface area (Å²) < 4.78 is 11.3. The van der Waals surface area contributed by atoms with E-state index < -0.39 is 0 Å². The maximum Gasteiger partial charge on any atom is 0.251 e. The van der Waals surface area contributed by atoms with Crippen molar-refractivity contribution < 1.29 is 19.1 Å². The fourth-order valence-electron chi connectivity index (χ4n) is 3.91. The lowest BCUT2D eigenvalue weighted by molar-refractivity contribution is -0.128. The standard InChI is InChI=1S/C22H32N2O4/c1-16-5-2-8-19(11-16)28-15-21(25)23-13-17-6-3-7-18(12-17)22(26)24-14-20-9-4-10-27-20/h3,6-7,12,16,19-20H,2,4-5,8-11,13-15H2,1H3,(H,23,25)(H,24,26). The fourth-order valence-corrected chi connectivity index (χ4v) is 3.91. The van der Waals surface area contributed by atoms with Crippen LogP contribution >= 0.6 is 0 Å². The molecule has 2 aliphatic rings. The molecular formula is C22H32N2O4. The summed E-state index contributed by atoms with van der Waals surface area (Å²) in [6, 6.07) is 7.33. The van der Waals surface area contributed by atoms with E-state index in [1.54, 1.807) is 6.07 Å². The first-order valence-corrected chi connectivity index (χ1v) is 10.5. The van der Waals surface area contributed by atoms with E-state index in [2.05, 4.69) is 17.6 Å². The van der Waals surface area contributed by atoms with E-state index in [4.69, 9.17) is 9.47 Å². The van der Waals surface area contributed by atoms with Gasteiger partial charge in [-0.1, -0.05) is 31.9 Å². The van der Waals surface area contributed by atoms with E-state index in [1.807, 2.05) is 18.2 Å². The topological polar surface area (TPSA) is 76.7 Å². The zero-order valence-electron chi connectivity index (χ0n) is 16.7. The van der Waals surface area contributed by atoms with Crippen LogP contribution in [0.25, 0.3) is 0 Å². The fraction of sp³-hybridized carbons (Fsp3) is 0.636. The minimum absolute atomic E-state index is 0.0962. The Morgan fingerprint density at radius 1 is 1.18 bits per heavy atom. The summed E-state index contributed by atoms with van der Waals surface area (Å²) in [7, 11) is 0. The highest BCUT2D eigenvalue weighted by atomic mass is 16.5. The van der Waals surface area contributed by atoms with Crippen molar-refractivity contribution in [3.05, 3.63) is 35.4 Å². The van der Waals surface area contributed by atoms with Crippen molar-refractivity contribution in [3.8, 4) is 0 Å². The molecule has 3 atom stereocenters. The average molecular weight is 389 g/mol. The number of carbonyl (C=O) groups is 2. The molecule has 6 heteroatoms. The van der Waals surface area contributed by atoms with Crippen molar-refractivity contribution in [3.63, 3.8) is 0 Å². The molecule has 0 spiro atoms. The molecule has 6 nitrogen and oxygen atoms in total. The Kier molecular flexibility index (Phi) is 7.86. The molecule has 1 aromatic rings. The first-order valence-electron chi connectivity index (χ1n) is 10.5. The number of amides is 2. The summed E-state index contributed by atoms with van der Waals surface area (Å²) in [5.74, 6) is 0.445. The lowest BCUT2D eigenvalue weighted by Gasteiger charge is -2.26. The van der Waals surface area contributed by atoms with Crippen LogP contribution in [0.4, 0.5) is 0 Å². The monoisotopic (exact) mass is 388 g/mol. The number of benzene rings is 1. The molecule has 1 saturated carbocycles. The summed E-state index contributed by atoms with van der Waals surface area (Å²) in [6.45, 7) is 4.03. The summed E-state index contributed by atoms with van der Waals surface area (Å²) in [5.41, 5.74) is 1.49. The van der Waals surface area contributed by atoms with Crippen molar-refractivity contribution in [2.24, 2.45) is 5.92 Å². The second-order valence-corrected chi connectivity index (χ2v) is 8.03. The van der Waals surface area contributed by atoms with Gasteiger partial charge in [0, 0.05) is 25.3 Å². The van der Waals surface area contributed by atoms with E-state index >= 15 is 0 Å². The smallest absolute Gasteiger partial charge is 0.251 e. The zero-order chi connectivity index (χ0) is 19.8. The van der Waals surface area contributed by atoms with Gasteiger partial charge >= 0.3 is 0 Å². The van der Waals surface area contributed by atoms with Crippen LogP contribution in [0.15, 0.2) is 24.3 Å². The van der Waals surface area contributed by atoms with Gasteiger partial charge in [-0.25, -0.2) is 0 Å². The molecule has 2 fully saturated rings. The van der Waals surface area contributed by atoms with Crippen molar-refractivity contribution in [2.75, 3.05) is 19.8 Å². The Bertz CT molecular complexity index is 658. The molecule has 1 aromatic carbocycles. The minimum Gasteiger partial charge on any atom is -0.376 e. The Morgan fingerprint density at radius 3 is 2.86 bits per heavy atom. The highest BCUT2D eigenvalue weighted by Crippen LogP contribution is 2.25. The van der Waals surface area contributed by atoms with Gasteiger partial charge in [-0.2, -0.15) is 0 Å². The summed E-state index contributed by atoms with van der Waals surface area (Å²) >= 11 is 0. The molecule has 1 saturated heterocycles. The van der Waals surface area contributed by atoms with Crippen LogP contribution in [0.1, 0.15) is 61.4 Å². The van der Waals surface area contributed by atoms with Gasteiger partial charge in [-0.3, -0.25) is 9.59 Å². The summed E-state index contributed by atoms with van der Waals surface area (Å²) in [4.78, 5) is 24.4.